The van der Waals surface area contributed by atoms with E-state index < -0.39 is 22.8 Å². The molecule has 0 saturated carbocycles. The molecule has 7 heteroatoms. The van der Waals surface area contributed by atoms with Crippen molar-refractivity contribution in [2.45, 2.75) is 26.2 Å². The number of carbonyl (C=O) groups is 1. The molecule has 0 radical (unpaired) electrons. The van der Waals surface area contributed by atoms with E-state index in [2.05, 4.69) is 38.7 Å². The lowest BCUT2D eigenvalue weighted by atomic mass is 9.99. The van der Waals surface area contributed by atoms with Gasteiger partial charge in [0, 0.05) is 41.6 Å². The minimum absolute atomic E-state index is 0.376. The fourth-order valence-corrected chi connectivity index (χ4v) is 4.76. The summed E-state index contributed by atoms with van der Waals surface area (Å²) >= 11 is 0. The van der Waals surface area contributed by atoms with Gasteiger partial charge in [-0.3, -0.25) is 4.79 Å². The number of aromatic nitrogens is 2. The quantitative estimate of drug-likeness (QED) is 0.420. The first kappa shape index (κ1) is 20.9. The summed E-state index contributed by atoms with van der Waals surface area (Å²) in [5.41, 5.74) is 3.44. The van der Waals surface area contributed by atoms with E-state index in [1.165, 1.54) is 18.5 Å². The molecular weight excluding hydrogens is 418 g/mol. The van der Waals surface area contributed by atoms with Crippen LogP contribution in [0.5, 0.6) is 5.75 Å². The van der Waals surface area contributed by atoms with E-state index in [1.54, 1.807) is 0 Å². The smallest absolute Gasteiger partial charge is 0.345 e. The number of hydrogen-bond donors (Lipinski definition) is 3. The van der Waals surface area contributed by atoms with Crippen molar-refractivity contribution in [1.82, 2.24) is 9.55 Å². The molecule has 0 spiro atoms. The predicted molar refractivity (Wildman–Crippen MR) is 129 cm³/mol. The summed E-state index contributed by atoms with van der Waals surface area (Å²) in [6, 6.07) is 16.3. The van der Waals surface area contributed by atoms with Crippen LogP contribution in [0.2, 0.25) is 0 Å². The molecule has 2 aromatic heterocycles. The van der Waals surface area contributed by atoms with E-state index in [9.17, 15) is 19.8 Å². The zero-order valence-electron chi connectivity index (χ0n) is 18.3. The van der Waals surface area contributed by atoms with Crippen LogP contribution < -0.4 is 10.5 Å². The van der Waals surface area contributed by atoms with E-state index in [4.69, 9.17) is 0 Å². The molecule has 168 valence electrons. The summed E-state index contributed by atoms with van der Waals surface area (Å²) in [5.74, 6) is -1.92. The van der Waals surface area contributed by atoms with Crippen molar-refractivity contribution in [3.63, 3.8) is 0 Å². The Morgan fingerprint density at radius 1 is 1.06 bits per heavy atom. The highest BCUT2D eigenvalue weighted by atomic mass is 16.4. The molecule has 33 heavy (non-hydrogen) atoms. The predicted octanol–water partition coefficient (Wildman–Crippen LogP) is 4.55. The van der Waals surface area contributed by atoms with Gasteiger partial charge >= 0.3 is 5.97 Å². The standard InChI is InChI=1S/C26H25N3O4/c1-2-20-23(27-25(31)22(24(20)30)26(32)33)17-8-9-21-16(14-17)10-13-29(21)19-7-5-6-18(15-19)28-11-3-4-12-28/h5-10,13-15H,2-4,11-12H2,1H3,(H,32,33)(H2,27,30,31). The summed E-state index contributed by atoms with van der Waals surface area (Å²) in [6.45, 7) is 3.99. The van der Waals surface area contributed by atoms with E-state index >= 15 is 0 Å². The Bertz CT molecular complexity index is 1430. The van der Waals surface area contributed by atoms with E-state index in [1.807, 2.05) is 37.4 Å². The lowest BCUT2D eigenvalue weighted by molar-refractivity contribution is 0.0691. The van der Waals surface area contributed by atoms with Gasteiger partial charge in [0.2, 0.25) is 0 Å². The van der Waals surface area contributed by atoms with Crippen LogP contribution in [-0.2, 0) is 6.42 Å². The Kier molecular flexibility index (Phi) is 5.17. The van der Waals surface area contributed by atoms with Crippen molar-refractivity contribution < 1.29 is 15.0 Å². The first-order valence-corrected chi connectivity index (χ1v) is 11.2. The van der Waals surface area contributed by atoms with E-state index in [-0.39, 0.29) is 0 Å². The lowest BCUT2D eigenvalue weighted by Gasteiger charge is -2.19. The van der Waals surface area contributed by atoms with Gasteiger partial charge in [-0.15, -0.1) is 0 Å². The number of benzene rings is 2. The lowest BCUT2D eigenvalue weighted by Crippen LogP contribution is -2.20. The highest BCUT2D eigenvalue weighted by Gasteiger charge is 2.22. The molecule has 1 fully saturated rings. The Hall–Kier alpha value is -4.00. The number of carboxylic acid groups (broad SMARTS) is 1. The minimum Gasteiger partial charge on any atom is -0.506 e. The second-order valence-electron chi connectivity index (χ2n) is 8.36. The highest BCUT2D eigenvalue weighted by Crippen LogP contribution is 2.33. The molecule has 5 rings (SSSR count). The van der Waals surface area contributed by atoms with Gasteiger partial charge in [0.15, 0.2) is 5.56 Å². The largest absolute Gasteiger partial charge is 0.506 e. The van der Waals surface area contributed by atoms with Crippen LogP contribution >= 0.6 is 0 Å². The van der Waals surface area contributed by atoms with Crippen molar-refractivity contribution in [3.05, 3.63) is 76.2 Å². The zero-order chi connectivity index (χ0) is 23.1. The molecule has 7 nitrogen and oxygen atoms in total. The van der Waals surface area contributed by atoms with Crippen LogP contribution in [-0.4, -0.2) is 38.8 Å². The van der Waals surface area contributed by atoms with Crippen LogP contribution in [0.15, 0.2) is 59.5 Å². The van der Waals surface area contributed by atoms with Gasteiger partial charge in [-0.2, -0.15) is 0 Å². The average molecular weight is 444 g/mol. The minimum atomic E-state index is -1.45. The van der Waals surface area contributed by atoms with Crippen molar-refractivity contribution in [1.29, 1.82) is 0 Å². The van der Waals surface area contributed by atoms with Crippen molar-refractivity contribution >= 4 is 22.6 Å². The average Bonchev–Trinajstić information content (AvgIpc) is 3.48. The van der Waals surface area contributed by atoms with Gasteiger partial charge in [-0.05, 0) is 61.2 Å². The van der Waals surface area contributed by atoms with Crippen molar-refractivity contribution in [2.24, 2.45) is 0 Å². The summed E-state index contributed by atoms with van der Waals surface area (Å²) < 4.78 is 2.13. The fourth-order valence-electron chi connectivity index (χ4n) is 4.76. The Morgan fingerprint density at radius 2 is 1.82 bits per heavy atom. The SMILES string of the molecule is CCc1c(-c2ccc3c(ccn3-c3cccc(N4CCCC4)c3)c2)[nH]c(=O)c(C(=O)O)c1O. The number of aromatic amines is 1. The van der Waals surface area contributed by atoms with E-state index in [0.717, 1.165) is 29.7 Å². The van der Waals surface area contributed by atoms with Crippen molar-refractivity contribution in [2.75, 3.05) is 18.0 Å². The van der Waals surface area contributed by atoms with Crippen LogP contribution in [0.4, 0.5) is 5.69 Å². The number of anilines is 1. The van der Waals surface area contributed by atoms with Gasteiger partial charge in [0.1, 0.15) is 5.75 Å². The molecule has 2 aromatic carbocycles. The molecule has 0 unspecified atom stereocenters. The maximum absolute atomic E-state index is 12.3. The molecule has 4 aromatic rings. The molecule has 0 atom stereocenters. The number of hydrogen-bond acceptors (Lipinski definition) is 4. The van der Waals surface area contributed by atoms with Gasteiger partial charge in [0.05, 0.1) is 11.2 Å². The molecule has 0 bridgehead atoms. The monoisotopic (exact) mass is 443 g/mol. The number of nitrogens with one attached hydrogen (secondary N) is 1. The zero-order valence-corrected chi connectivity index (χ0v) is 18.3. The van der Waals surface area contributed by atoms with Crippen LogP contribution in [0.25, 0.3) is 27.8 Å². The molecule has 1 saturated heterocycles. The molecule has 3 N–H and O–H groups in total. The molecule has 3 heterocycles. The van der Waals surface area contributed by atoms with Crippen molar-refractivity contribution in [3.8, 4) is 22.7 Å². The maximum atomic E-state index is 12.3. The number of carboxylic acids is 1. The van der Waals surface area contributed by atoms with Gasteiger partial charge in [-0.25, -0.2) is 4.79 Å². The number of nitrogens with zero attached hydrogens (tertiary/aromatic N) is 2. The topological polar surface area (TPSA) is 98.6 Å². The third-order valence-corrected chi connectivity index (χ3v) is 6.42. The van der Waals surface area contributed by atoms with Gasteiger partial charge < -0.3 is 24.7 Å². The van der Waals surface area contributed by atoms with Crippen LogP contribution in [0.3, 0.4) is 0 Å². The molecule has 1 aliphatic rings. The number of aromatic hydroxyl groups is 1. The number of aromatic carboxylic acids is 1. The second kappa shape index (κ2) is 8.16. The normalized spacial score (nSPS) is 13.7. The number of pyridine rings is 1. The van der Waals surface area contributed by atoms with Crippen LogP contribution in [0, 0.1) is 0 Å². The summed E-state index contributed by atoms with van der Waals surface area (Å²) in [7, 11) is 0. The summed E-state index contributed by atoms with van der Waals surface area (Å²) in [5, 5.41) is 20.7. The van der Waals surface area contributed by atoms with Gasteiger partial charge in [-0.1, -0.05) is 19.1 Å². The third kappa shape index (κ3) is 3.55. The first-order valence-electron chi connectivity index (χ1n) is 11.2. The molecule has 0 aliphatic carbocycles. The Morgan fingerprint density at radius 3 is 2.55 bits per heavy atom. The molecule has 1 aliphatic heterocycles. The first-order chi connectivity index (χ1) is 16.0. The van der Waals surface area contributed by atoms with Gasteiger partial charge in [0.25, 0.3) is 5.56 Å². The number of fused-ring (bicyclic) bond motifs is 1. The summed E-state index contributed by atoms with van der Waals surface area (Å²) in [4.78, 5) is 28.8. The summed E-state index contributed by atoms with van der Waals surface area (Å²) in [6.07, 6.45) is 4.85. The number of rotatable bonds is 5. The second-order valence-corrected chi connectivity index (χ2v) is 8.36. The number of H-pyrrole nitrogens is 1. The highest BCUT2D eigenvalue weighted by molar-refractivity contribution is 5.93. The fraction of sp³-hybridized carbons (Fsp3) is 0.231. The van der Waals surface area contributed by atoms with Crippen LogP contribution in [0.1, 0.15) is 35.7 Å². The Balaban J connectivity index is 1.58. The Labute approximate surface area is 190 Å². The molecular formula is C26H25N3O4. The van der Waals surface area contributed by atoms with E-state index in [0.29, 0.717) is 23.2 Å². The molecule has 0 amide bonds. The maximum Gasteiger partial charge on any atom is 0.345 e. The third-order valence-electron chi connectivity index (χ3n) is 6.42.